The first-order chi connectivity index (χ1) is 5.70. The van der Waals surface area contributed by atoms with Crippen molar-refractivity contribution in [3.05, 3.63) is 10.6 Å². The summed E-state index contributed by atoms with van der Waals surface area (Å²) in [4.78, 5) is 1.25. The molecule has 0 aliphatic carbocycles. The van der Waals surface area contributed by atoms with Crippen LogP contribution in [0, 0.1) is 12.8 Å². The summed E-state index contributed by atoms with van der Waals surface area (Å²) in [6.07, 6.45) is 0. The van der Waals surface area contributed by atoms with Gasteiger partial charge in [-0.1, -0.05) is 18.3 Å². The van der Waals surface area contributed by atoms with Gasteiger partial charge in [0.1, 0.15) is 0 Å². The highest BCUT2D eigenvalue weighted by molar-refractivity contribution is 7.05. The summed E-state index contributed by atoms with van der Waals surface area (Å²) in [6, 6.07) is 0. The topological polar surface area (TPSA) is 37.8 Å². The second kappa shape index (κ2) is 4.52. The van der Waals surface area contributed by atoms with Crippen LogP contribution in [-0.2, 0) is 6.54 Å². The molecule has 0 unspecified atom stereocenters. The third-order valence-corrected chi connectivity index (χ3v) is 2.41. The number of aryl methyl sites for hydroxylation is 1. The van der Waals surface area contributed by atoms with Crippen LogP contribution < -0.4 is 5.32 Å². The smallest absolute Gasteiger partial charge is 0.0769 e. The van der Waals surface area contributed by atoms with Crippen molar-refractivity contribution in [3.8, 4) is 0 Å². The fraction of sp³-hybridized carbons (Fsp3) is 0.750. The molecule has 0 amide bonds. The Kier molecular flexibility index (Phi) is 3.62. The van der Waals surface area contributed by atoms with Gasteiger partial charge in [0.2, 0.25) is 0 Å². The monoisotopic (exact) mass is 185 g/mol. The SMILES string of the molecule is Cc1nnsc1CNCC(C)C. The molecule has 1 N–H and O–H groups in total. The average molecular weight is 185 g/mol. The van der Waals surface area contributed by atoms with Crippen LogP contribution in [0.1, 0.15) is 24.4 Å². The van der Waals surface area contributed by atoms with E-state index in [0.717, 1.165) is 18.8 Å². The molecule has 1 aromatic rings. The minimum absolute atomic E-state index is 0.700. The first-order valence-electron chi connectivity index (χ1n) is 4.18. The first kappa shape index (κ1) is 9.61. The molecule has 12 heavy (non-hydrogen) atoms. The predicted molar refractivity (Wildman–Crippen MR) is 51.2 cm³/mol. The van der Waals surface area contributed by atoms with E-state index in [9.17, 15) is 0 Å². The number of aromatic nitrogens is 2. The second-order valence-electron chi connectivity index (χ2n) is 3.31. The van der Waals surface area contributed by atoms with Crippen LogP contribution in [0.2, 0.25) is 0 Å². The van der Waals surface area contributed by atoms with E-state index in [1.807, 2.05) is 6.92 Å². The molecular weight excluding hydrogens is 170 g/mol. The quantitative estimate of drug-likeness (QED) is 0.774. The van der Waals surface area contributed by atoms with Gasteiger partial charge in [-0.05, 0) is 30.9 Å². The van der Waals surface area contributed by atoms with Gasteiger partial charge in [-0.25, -0.2) is 0 Å². The maximum Gasteiger partial charge on any atom is 0.0769 e. The molecule has 0 aliphatic heterocycles. The summed E-state index contributed by atoms with van der Waals surface area (Å²) in [6.45, 7) is 8.35. The maximum atomic E-state index is 3.94. The van der Waals surface area contributed by atoms with Crippen molar-refractivity contribution in [2.24, 2.45) is 5.92 Å². The Balaban J connectivity index is 2.29. The number of rotatable bonds is 4. The van der Waals surface area contributed by atoms with Gasteiger partial charge in [0.25, 0.3) is 0 Å². The van der Waals surface area contributed by atoms with Crippen molar-refractivity contribution in [3.63, 3.8) is 0 Å². The molecule has 1 rings (SSSR count). The number of nitrogens with one attached hydrogen (secondary N) is 1. The van der Waals surface area contributed by atoms with E-state index in [2.05, 4.69) is 28.8 Å². The van der Waals surface area contributed by atoms with Crippen LogP contribution in [0.4, 0.5) is 0 Å². The third-order valence-electron chi connectivity index (χ3n) is 1.58. The zero-order chi connectivity index (χ0) is 8.97. The fourth-order valence-electron chi connectivity index (χ4n) is 0.887. The molecule has 0 radical (unpaired) electrons. The number of hydrogen-bond acceptors (Lipinski definition) is 4. The lowest BCUT2D eigenvalue weighted by Gasteiger charge is -2.05. The highest BCUT2D eigenvalue weighted by Crippen LogP contribution is 2.07. The minimum Gasteiger partial charge on any atom is -0.311 e. The van der Waals surface area contributed by atoms with Crippen LogP contribution in [0.15, 0.2) is 0 Å². The molecule has 0 saturated heterocycles. The molecular formula is C8H15N3S. The Morgan fingerprint density at radius 2 is 2.25 bits per heavy atom. The molecule has 1 heterocycles. The van der Waals surface area contributed by atoms with Crippen LogP contribution in [0.3, 0.4) is 0 Å². The predicted octanol–water partition coefficient (Wildman–Crippen LogP) is 1.59. The second-order valence-corrected chi connectivity index (χ2v) is 4.14. The molecule has 0 spiro atoms. The third kappa shape index (κ3) is 2.87. The molecule has 68 valence electrons. The Morgan fingerprint density at radius 3 is 2.75 bits per heavy atom. The lowest BCUT2D eigenvalue weighted by atomic mass is 10.2. The van der Waals surface area contributed by atoms with Crippen LogP contribution in [0.5, 0.6) is 0 Å². The Morgan fingerprint density at radius 1 is 1.50 bits per heavy atom. The van der Waals surface area contributed by atoms with E-state index in [-0.39, 0.29) is 0 Å². The van der Waals surface area contributed by atoms with Crippen molar-refractivity contribution < 1.29 is 0 Å². The lowest BCUT2D eigenvalue weighted by molar-refractivity contribution is 0.554. The van der Waals surface area contributed by atoms with Gasteiger partial charge >= 0.3 is 0 Å². The largest absolute Gasteiger partial charge is 0.311 e. The molecule has 3 nitrogen and oxygen atoms in total. The molecule has 0 fully saturated rings. The van der Waals surface area contributed by atoms with Crippen LogP contribution in [-0.4, -0.2) is 16.1 Å². The summed E-state index contributed by atoms with van der Waals surface area (Å²) >= 11 is 1.48. The molecule has 1 aromatic heterocycles. The van der Waals surface area contributed by atoms with E-state index in [0.29, 0.717) is 5.92 Å². The van der Waals surface area contributed by atoms with Gasteiger partial charge in [-0.2, -0.15) is 0 Å². The van der Waals surface area contributed by atoms with Crippen molar-refractivity contribution in [2.45, 2.75) is 27.3 Å². The molecule has 4 heteroatoms. The molecule has 0 atom stereocenters. The van der Waals surface area contributed by atoms with Crippen molar-refractivity contribution in [1.82, 2.24) is 14.9 Å². The van der Waals surface area contributed by atoms with E-state index in [4.69, 9.17) is 0 Å². The van der Waals surface area contributed by atoms with Crippen LogP contribution >= 0.6 is 11.5 Å². The standard InChI is InChI=1S/C8H15N3S/c1-6(2)4-9-5-8-7(3)10-11-12-8/h6,9H,4-5H2,1-3H3. The van der Waals surface area contributed by atoms with E-state index >= 15 is 0 Å². The summed E-state index contributed by atoms with van der Waals surface area (Å²) in [7, 11) is 0. The fourth-order valence-corrected chi connectivity index (χ4v) is 1.49. The lowest BCUT2D eigenvalue weighted by Crippen LogP contribution is -2.18. The zero-order valence-electron chi connectivity index (χ0n) is 7.79. The van der Waals surface area contributed by atoms with Gasteiger partial charge in [-0.3, -0.25) is 0 Å². The number of hydrogen-bond donors (Lipinski definition) is 1. The summed E-state index contributed by atoms with van der Waals surface area (Å²) in [5.74, 6) is 0.700. The molecule has 0 aromatic carbocycles. The molecule has 0 saturated carbocycles. The first-order valence-corrected chi connectivity index (χ1v) is 4.96. The van der Waals surface area contributed by atoms with Crippen molar-refractivity contribution in [2.75, 3.05) is 6.54 Å². The van der Waals surface area contributed by atoms with E-state index in [1.165, 1.54) is 16.4 Å². The average Bonchev–Trinajstić information content (AvgIpc) is 2.36. The maximum absolute atomic E-state index is 3.94. The summed E-state index contributed by atoms with van der Waals surface area (Å²) in [5.41, 5.74) is 1.05. The minimum atomic E-state index is 0.700. The summed E-state index contributed by atoms with van der Waals surface area (Å²) in [5, 5.41) is 7.30. The normalized spacial score (nSPS) is 11.0. The molecule has 0 bridgehead atoms. The van der Waals surface area contributed by atoms with Gasteiger partial charge < -0.3 is 5.32 Å². The Hall–Kier alpha value is -0.480. The van der Waals surface area contributed by atoms with E-state index in [1.54, 1.807) is 0 Å². The summed E-state index contributed by atoms with van der Waals surface area (Å²) < 4.78 is 3.87. The Bertz CT molecular complexity index is 232. The van der Waals surface area contributed by atoms with Crippen LogP contribution in [0.25, 0.3) is 0 Å². The highest BCUT2D eigenvalue weighted by Gasteiger charge is 2.01. The van der Waals surface area contributed by atoms with Crippen molar-refractivity contribution >= 4 is 11.5 Å². The van der Waals surface area contributed by atoms with Gasteiger partial charge in [0.05, 0.1) is 10.6 Å². The molecule has 0 aliphatic rings. The Labute approximate surface area is 77.4 Å². The van der Waals surface area contributed by atoms with E-state index < -0.39 is 0 Å². The zero-order valence-corrected chi connectivity index (χ0v) is 8.61. The van der Waals surface area contributed by atoms with Gasteiger partial charge in [0.15, 0.2) is 0 Å². The highest BCUT2D eigenvalue weighted by atomic mass is 32.1. The number of nitrogens with zero attached hydrogens (tertiary/aromatic N) is 2. The van der Waals surface area contributed by atoms with Gasteiger partial charge in [-0.15, -0.1) is 5.10 Å². The van der Waals surface area contributed by atoms with Crippen molar-refractivity contribution in [1.29, 1.82) is 0 Å². The van der Waals surface area contributed by atoms with Gasteiger partial charge in [0, 0.05) is 6.54 Å².